The summed E-state index contributed by atoms with van der Waals surface area (Å²) in [7, 11) is 1.87. The third kappa shape index (κ3) is 5.79. The van der Waals surface area contributed by atoms with Gasteiger partial charge in [0.25, 0.3) is 0 Å². The molecule has 1 saturated heterocycles. The molecular weight excluding hydrogens is 326 g/mol. The molecule has 0 spiro atoms. The standard InChI is InChI=1S/C21H35N3O2/c1-4-12-21(2,22)20(26)23(3)15-17-10-13-24(14-11-17)16-19(25)18-8-6-5-7-9-18/h5-9,17,19,25H,4,10-16,22H2,1-3H3. The molecule has 1 aliphatic rings. The lowest BCUT2D eigenvalue weighted by atomic mass is 9.93. The van der Waals surface area contributed by atoms with Crippen LogP contribution in [0.25, 0.3) is 0 Å². The highest BCUT2D eigenvalue weighted by Crippen LogP contribution is 2.22. The number of nitrogens with zero attached hydrogens (tertiary/aromatic N) is 2. The molecule has 0 bridgehead atoms. The minimum absolute atomic E-state index is 0.0429. The van der Waals surface area contributed by atoms with Gasteiger partial charge in [0.05, 0.1) is 11.6 Å². The van der Waals surface area contributed by atoms with E-state index in [1.165, 1.54) is 0 Å². The Balaban J connectivity index is 1.77. The van der Waals surface area contributed by atoms with Crippen molar-refractivity contribution in [1.82, 2.24) is 9.80 Å². The number of nitrogens with two attached hydrogens (primary N) is 1. The second-order valence-electron chi connectivity index (χ2n) is 8.02. The van der Waals surface area contributed by atoms with Gasteiger partial charge in [-0.25, -0.2) is 0 Å². The highest BCUT2D eigenvalue weighted by molar-refractivity contribution is 5.85. The summed E-state index contributed by atoms with van der Waals surface area (Å²) in [5, 5.41) is 10.4. The van der Waals surface area contributed by atoms with E-state index in [-0.39, 0.29) is 5.91 Å². The first-order valence-corrected chi connectivity index (χ1v) is 9.83. The molecule has 5 heteroatoms. The number of aliphatic hydroxyl groups excluding tert-OH is 1. The van der Waals surface area contributed by atoms with Gasteiger partial charge in [0.15, 0.2) is 0 Å². The predicted octanol–water partition coefficient (Wildman–Crippen LogP) is 2.41. The monoisotopic (exact) mass is 361 g/mol. The fourth-order valence-corrected chi connectivity index (χ4v) is 3.91. The second kappa shape index (κ2) is 9.49. The second-order valence-corrected chi connectivity index (χ2v) is 8.02. The molecule has 2 rings (SSSR count). The topological polar surface area (TPSA) is 69.8 Å². The molecule has 1 fully saturated rings. The molecule has 0 aliphatic carbocycles. The van der Waals surface area contributed by atoms with Gasteiger partial charge in [0.2, 0.25) is 5.91 Å². The quantitative estimate of drug-likeness (QED) is 0.746. The van der Waals surface area contributed by atoms with Crippen LogP contribution in [0.1, 0.15) is 51.2 Å². The summed E-state index contributed by atoms with van der Waals surface area (Å²) < 4.78 is 0. The van der Waals surface area contributed by atoms with Gasteiger partial charge in [-0.3, -0.25) is 4.79 Å². The van der Waals surface area contributed by atoms with Crippen molar-refractivity contribution in [3.63, 3.8) is 0 Å². The van der Waals surface area contributed by atoms with Crippen LogP contribution < -0.4 is 5.73 Å². The number of β-amino-alcohol motifs (C(OH)–C–C–N with tert-alkyl or cyclic N) is 1. The fourth-order valence-electron chi connectivity index (χ4n) is 3.91. The van der Waals surface area contributed by atoms with E-state index in [0.717, 1.165) is 44.5 Å². The van der Waals surface area contributed by atoms with E-state index < -0.39 is 11.6 Å². The molecule has 0 radical (unpaired) electrons. The average Bonchev–Trinajstić information content (AvgIpc) is 2.63. The molecule has 1 aromatic rings. The van der Waals surface area contributed by atoms with Crippen LogP contribution in [-0.4, -0.2) is 59.6 Å². The fraction of sp³-hybridized carbons (Fsp3) is 0.667. The number of benzene rings is 1. The SMILES string of the molecule is CCCC(C)(N)C(=O)N(C)CC1CCN(CC(O)c2ccccc2)CC1. The van der Waals surface area contributed by atoms with Crippen LogP contribution in [0, 0.1) is 5.92 Å². The van der Waals surface area contributed by atoms with Gasteiger partial charge in [-0.2, -0.15) is 0 Å². The number of hydrogen-bond acceptors (Lipinski definition) is 4. The van der Waals surface area contributed by atoms with E-state index in [2.05, 4.69) is 11.8 Å². The molecule has 1 amide bonds. The number of likely N-dealkylation sites (tertiary alicyclic amines) is 1. The van der Waals surface area contributed by atoms with Gasteiger partial charge >= 0.3 is 0 Å². The zero-order valence-corrected chi connectivity index (χ0v) is 16.5. The van der Waals surface area contributed by atoms with Crippen molar-refractivity contribution in [2.24, 2.45) is 11.7 Å². The molecule has 0 aromatic heterocycles. The number of piperidine rings is 1. The van der Waals surface area contributed by atoms with Gasteiger partial charge in [0.1, 0.15) is 0 Å². The number of aliphatic hydroxyl groups is 1. The molecule has 2 atom stereocenters. The molecule has 0 saturated carbocycles. The van der Waals surface area contributed by atoms with Crippen molar-refractivity contribution >= 4 is 5.91 Å². The van der Waals surface area contributed by atoms with Crippen LogP contribution in [0.4, 0.5) is 0 Å². The van der Waals surface area contributed by atoms with E-state index in [4.69, 9.17) is 5.73 Å². The Labute approximate surface area is 158 Å². The lowest BCUT2D eigenvalue weighted by Gasteiger charge is -2.36. The molecular formula is C21H35N3O2. The number of hydrogen-bond donors (Lipinski definition) is 2. The van der Waals surface area contributed by atoms with E-state index in [9.17, 15) is 9.90 Å². The zero-order chi connectivity index (χ0) is 19.2. The van der Waals surface area contributed by atoms with E-state index in [1.807, 2.05) is 49.2 Å². The van der Waals surface area contributed by atoms with Crippen LogP contribution in [0.5, 0.6) is 0 Å². The zero-order valence-electron chi connectivity index (χ0n) is 16.5. The number of carbonyl (C=O) groups excluding carboxylic acids is 1. The van der Waals surface area contributed by atoms with Crippen LogP contribution >= 0.6 is 0 Å². The third-order valence-electron chi connectivity index (χ3n) is 5.46. The highest BCUT2D eigenvalue weighted by Gasteiger charge is 2.31. The Morgan fingerprint density at radius 2 is 1.96 bits per heavy atom. The van der Waals surface area contributed by atoms with E-state index >= 15 is 0 Å². The number of rotatable bonds is 8. The first-order chi connectivity index (χ1) is 12.3. The summed E-state index contributed by atoms with van der Waals surface area (Å²) in [5.41, 5.74) is 6.39. The Morgan fingerprint density at radius 1 is 1.35 bits per heavy atom. The van der Waals surface area contributed by atoms with Crippen molar-refractivity contribution in [3.05, 3.63) is 35.9 Å². The Morgan fingerprint density at radius 3 is 2.54 bits per heavy atom. The average molecular weight is 362 g/mol. The highest BCUT2D eigenvalue weighted by atomic mass is 16.3. The first-order valence-electron chi connectivity index (χ1n) is 9.83. The lowest BCUT2D eigenvalue weighted by molar-refractivity contribution is -0.136. The third-order valence-corrected chi connectivity index (χ3v) is 5.46. The number of amides is 1. The van der Waals surface area contributed by atoms with Crippen molar-refractivity contribution in [2.75, 3.05) is 33.2 Å². The van der Waals surface area contributed by atoms with E-state index in [1.54, 1.807) is 0 Å². The first kappa shape index (κ1) is 20.9. The minimum Gasteiger partial charge on any atom is -0.387 e. The normalized spacial score (nSPS) is 19.7. The van der Waals surface area contributed by atoms with Gasteiger partial charge in [0, 0.05) is 20.1 Å². The summed E-state index contributed by atoms with van der Waals surface area (Å²) in [6.07, 6.45) is 3.28. The van der Waals surface area contributed by atoms with Gasteiger partial charge in [-0.15, -0.1) is 0 Å². The predicted molar refractivity (Wildman–Crippen MR) is 106 cm³/mol. The molecule has 1 heterocycles. The molecule has 2 unspecified atom stereocenters. The molecule has 1 aromatic carbocycles. The van der Waals surface area contributed by atoms with Gasteiger partial charge in [-0.05, 0) is 50.8 Å². The molecule has 3 N–H and O–H groups in total. The number of likely N-dealkylation sites (N-methyl/N-ethyl adjacent to an activating group) is 1. The van der Waals surface area contributed by atoms with Crippen LogP contribution in [0.3, 0.4) is 0 Å². The summed E-state index contributed by atoms with van der Waals surface area (Å²) >= 11 is 0. The molecule has 26 heavy (non-hydrogen) atoms. The smallest absolute Gasteiger partial charge is 0.242 e. The van der Waals surface area contributed by atoms with Crippen molar-refractivity contribution in [1.29, 1.82) is 0 Å². The maximum absolute atomic E-state index is 12.6. The summed E-state index contributed by atoms with van der Waals surface area (Å²) in [6.45, 7) is 7.26. The molecule has 146 valence electrons. The summed E-state index contributed by atoms with van der Waals surface area (Å²) in [5.74, 6) is 0.549. The number of carbonyl (C=O) groups is 1. The van der Waals surface area contributed by atoms with Crippen molar-refractivity contribution in [2.45, 2.75) is 51.2 Å². The van der Waals surface area contributed by atoms with Crippen molar-refractivity contribution < 1.29 is 9.90 Å². The Bertz CT molecular complexity index is 554. The van der Waals surface area contributed by atoms with Crippen LogP contribution in [0.15, 0.2) is 30.3 Å². The molecule has 1 aliphatic heterocycles. The maximum Gasteiger partial charge on any atom is 0.242 e. The van der Waals surface area contributed by atoms with E-state index in [0.29, 0.717) is 18.9 Å². The van der Waals surface area contributed by atoms with Crippen LogP contribution in [0.2, 0.25) is 0 Å². The Hall–Kier alpha value is -1.43. The molecule has 5 nitrogen and oxygen atoms in total. The Kier molecular flexibility index (Phi) is 7.62. The summed E-state index contributed by atoms with van der Waals surface area (Å²) in [6, 6.07) is 9.82. The van der Waals surface area contributed by atoms with Crippen LogP contribution in [-0.2, 0) is 4.79 Å². The largest absolute Gasteiger partial charge is 0.387 e. The van der Waals surface area contributed by atoms with Gasteiger partial charge in [-0.1, -0.05) is 43.7 Å². The summed E-state index contributed by atoms with van der Waals surface area (Å²) in [4.78, 5) is 16.7. The minimum atomic E-state index is -0.760. The lowest BCUT2D eigenvalue weighted by Crippen LogP contribution is -2.53. The maximum atomic E-state index is 12.6. The van der Waals surface area contributed by atoms with Gasteiger partial charge < -0.3 is 20.6 Å². The van der Waals surface area contributed by atoms with Crippen molar-refractivity contribution in [3.8, 4) is 0 Å².